The highest BCUT2D eigenvalue weighted by molar-refractivity contribution is 7.26. The maximum Gasteiger partial charge on any atom is 0.0619 e. The summed E-state index contributed by atoms with van der Waals surface area (Å²) >= 11 is 3.75. The summed E-state index contributed by atoms with van der Waals surface area (Å²) in [5.74, 6) is 0. The number of aromatic nitrogens is 1. The second kappa shape index (κ2) is 11.5. The third-order valence-electron chi connectivity index (χ3n) is 11.1. The molecular weight excluding hydrogens is 693 g/mol. The first-order valence-electron chi connectivity index (χ1n) is 18.3. The molecule has 0 saturated carbocycles. The number of thiophene rings is 2. The van der Waals surface area contributed by atoms with Gasteiger partial charge < -0.3 is 9.47 Å². The maximum absolute atomic E-state index is 2.50. The normalized spacial score (nSPS) is 12.1. The fraction of sp³-hybridized carbons (Fsp3) is 0. The van der Waals surface area contributed by atoms with Gasteiger partial charge in [-0.3, -0.25) is 0 Å². The van der Waals surface area contributed by atoms with E-state index in [0.29, 0.717) is 0 Å². The van der Waals surface area contributed by atoms with Gasteiger partial charge >= 0.3 is 0 Å². The summed E-state index contributed by atoms with van der Waals surface area (Å²) in [6.07, 6.45) is 0. The van der Waals surface area contributed by atoms with Crippen molar-refractivity contribution >= 4 is 123 Å². The molecule has 0 aliphatic heterocycles. The van der Waals surface area contributed by atoms with Crippen molar-refractivity contribution in [3.8, 4) is 5.69 Å². The summed E-state index contributed by atoms with van der Waals surface area (Å²) < 4.78 is 7.67. The number of hydrogen-bond donors (Lipinski definition) is 0. The summed E-state index contributed by atoms with van der Waals surface area (Å²) in [4.78, 5) is 2.50. The number of anilines is 3. The Morgan fingerprint density at radius 1 is 0.370 bits per heavy atom. The van der Waals surface area contributed by atoms with Gasteiger partial charge in [-0.05, 0) is 82.9 Å². The Labute approximate surface area is 319 Å². The van der Waals surface area contributed by atoms with Gasteiger partial charge in [-0.15, -0.1) is 22.7 Å². The van der Waals surface area contributed by atoms with Crippen LogP contribution in [0.5, 0.6) is 0 Å². The number of benzene rings is 9. The van der Waals surface area contributed by atoms with Gasteiger partial charge in [0.1, 0.15) is 0 Å². The zero-order valence-electron chi connectivity index (χ0n) is 29.0. The predicted octanol–water partition coefficient (Wildman–Crippen LogP) is 15.3. The molecule has 0 aliphatic carbocycles. The number of nitrogens with zero attached hydrogens (tertiary/aromatic N) is 2. The van der Waals surface area contributed by atoms with E-state index in [-0.39, 0.29) is 0 Å². The lowest BCUT2D eigenvalue weighted by Gasteiger charge is -2.27. The minimum atomic E-state index is 1.12. The quantitative estimate of drug-likeness (QED) is 0.176. The SMILES string of the molecule is c1ccc(-n2c3cc(N(c4ccc5c(c4)sc4ccccc45)c4cccc5sc6cc7ccccc7cc6c45)ccc3c3ccc4ccccc4c32)cc1. The van der Waals surface area contributed by atoms with Crippen molar-refractivity contribution in [2.24, 2.45) is 0 Å². The van der Waals surface area contributed by atoms with Crippen molar-refractivity contribution < 1.29 is 0 Å². The Morgan fingerprint density at radius 3 is 1.87 bits per heavy atom. The van der Waals surface area contributed by atoms with E-state index in [2.05, 4.69) is 191 Å². The number of fused-ring (bicyclic) bond motifs is 12. The molecule has 0 bridgehead atoms. The minimum absolute atomic E-state index is 1.12. The van der Waals surface area contributed by atoms with E-state index in [1.165, 1.54) is 89.4 Å². The molecule has 12 aromatic rings. The van der Waals surface area contributed by atoms with Crippen molar-refractivity contribution in [2.45, 2.75) is 0 Å². The van der Waals surface area contributed by atoms with Crippen LogP contribution in [0.3, 0.4) is 0 Å². The molecule has 2 nitrogen and oxygen atoms in total. The van der Waals surface area contributed by atoms with E-state index in [4.69, 9.17) is 0 Å². The van der Waals surface area contributed by atoms with E-state index in [1.54, 1.807) is 0 Å². The molecule has 0 radical (unpaired) electrons. The first kappa shape index (κ1) is 30.0. The van der Waals surface area contributed by atoms with Crippen LogP contribution < -0.4 is 4.90 Å². The van der Waals surface area contributed by atoms with E-state index in [9.17, 15) is 0 Å². The minimum Gasteiger partial charge on any atom is -0.310 e. The number of hydrogen-bond acceptors (Lipinski definition) is 3. The topological polar surface area (TPSA) is 8.17 Å². The van der Waals surface area contributed by atoms with Crippen molar-refractivity contribution in [3.05, 3.63) is 182 Å². The Bertz CT molecular complexity index is 3460. The van der Waals surface area contributed by atoms with E-state index in [1.807, 2.05) is 22.7 Å². The standard InChI is InChI=1S/C50H30N2S2/c1-2-14-34(15-3-1)52-44-29-35(22-25-38(44)41-24-21-31-11-6-7-16-37(31)50(41)52)51(36-23-26-40-39-17-8-9-19-45(39)53-48(40)30-36)43-18-10-20-46-49(43)42-27-32-12-4-5-13-33(32)28-47(42)54-46/h1-30H. The predicted molar refractivity (Wildman–Crippen MR) is 236 cm³/mol. The first-order valence-corrected chi connectivity index (χ1v) is 20.0. The molecule has 0 atom stereocenters. The van der Waals surface area contributed by atoms with Crippen LogP contribution in [0.1, 0.15) is 0 Å². The summed E-state index contributed by atoms with van der Waals surface area (Å²) in [6, 6.07) is 67.3. The van der Waals surface area contributed by atoms with Crippen molar-refractivity contribution in [1.82, 2.24) is 4.57 Å². The lowest BCUT2D eigenvalue weighted by molar-refractivity contribution is 1.18. The highest BCUT2D eigenvalue weighted by Crippen LogP contribution is 2.48. The van der Waals surface area contributed by atoms with Gasteiger partial charge in [-0.1, -0.05) is 115 Å². The third-order valence-corrected chi connectivity index (χ3v) is 13.4. The Morgan fingerprint density at radius 2 is 1.00 bits per heavy atom. The van der Waals surface area contributed by atoms with E-state index >= 15 is 0 Å². The van der Waals surface area contributed by atoms with Gasteiger partial charge in [0, 0.05) is 73.6 Å². The van der Waals surface area contributed by atoms with Gasteiger partial charge in [0.15, 0.2) is 0 Å². The van der Waals surface area contributed by atoms with Crippen LogP contribution in [-0.2, 0) is 0 Å². The van der Waals surface area contributed by atoms with Crippen molar-refractivity contribution in [1.29, 1.82) is 0 Å². The monoisotopic (exact) mass is 722 g/mol. The van der Waals surface area contributed by atoms with Crippen LogP contribution in [0.4, 0.5) is 17.1 Å². The highest BCUT2D eigenvalue weighted by atomic mass is 32.1. The van der Waals surface area contributed by atoms with Crippen LogP contribution in [0, 0.1) is 0 Å². The summed E-state index contributed by atoms with van der Waals surface area (Å²) in [6.45, 7) is 0. The molecule has 12 rings (SSSR count). The summed E-state index contributed by atoms with van der Waals surface area (Å²) in [5.41, 5.74) is 7.03. The van der Waals surface area contributed by atoms with Crippen LogP contribution in [0.15, 0.2) is 182 Å². The fourth-order valence-corrected chi connectivity index (χ4v) is 11.0. The number of para-hydroxylation sites is 1. The lowest BCUT2D eigenvalue weighted by atomic mass is 10.0. The smallest absolute Gasteiger partial charge is 0.0619 e. The van der Waals surface area contributed by atoms with Crippen molar-refractivity contribution in [2.75, 3.05) is 4.90 Å². The van der Waals surface area contributed by atoms with Crippen molar-refractivity contribution in [3.63, 3.8) is 0 Å². The lowest BCUT2D eigenvalue weighted by Crippen LogP contribution is -2.10. The highest BCUT2D eigenvalue weighted by Gasteiger charge is 2.22. The third kappa shape index (κ3) is 4.38. The molecular formula is C50H30N2S2. The molecule has 0 fully saturated rings. The Hall–Kier alpha value is -6.46. The average molecular weight is 723 g/mol. The van der Waals surface area contributed by atoms with Gasteiger partial charge in [0.25, 0.3) is 0 Å². The first-order chi connectivity index (χ1) is 26.8. The van der Waals surface area contributed by atoms with E-state index in [0.717, 1.165) is 17.1 Å². The zero-order valence-corrected chi connectivity index (χ0v) is 30.7. The Kier molecular flexibility index (Phi) is 6.41. The summed E-state index contributed by atoms with van der Waals surface area (Å²) in [5, 5.41) is 12.7. The van der Waals surface area contributed by atoms with Crippen LogP contribution >= 0.6 is 22.7 Å². The molecule has 0 saturated heterocycles. The van der Waals surface area contributed by atoms with Crippen LogP contribution in [0.2, 0.25) is 0 Å². The molecule has 54 heavy (non-hydrogen) atoms. The fourth-order valence-electron chi connectivity index (χ4n) is 8.71. The van der Waals surface area contributed by atoms with Gasteiger partial charge in [0.2, 0.25) is 0 Å². The summed E-state index contributed by atoms with van der Waals surface area (Å²) in [7, 11) is 0. The molecule has 3 heterocycles. The molecule has 252 valence electrons. The molecule has 9 aromatic carbocycles. The molecule has 0 amide bonds. The molecule has 3 aromatic heterocycles. The van der Waals surface area contributed by atoms with Crippen LogP contribution in [0.25, 0.3) is 89.4 Å². The zero-order chi connectivity index (χ0) is 35.3. The van der Waals surface area contributed by atoms with Gasteiger partial charge in [-0.25, -0.2) is 0 Å². The number of rotatable bonds is 4. The molecule has 0 aliphatic rings. The average Bonchev–Trinajstić information content (AvgIpc) is 3.89. The molecule has 0 N–H and O–H groups in total. The second-order valence-electron chi connectivity index (χ2n) is 14.1. The van der Waals surface area contributed by atoms with E-state index < -0.39 is 0 Å². The molecule has 0 unspecified atom stereocenters. The molecule has 0 spiro atoms. The van der Waals surface area contributed by atoms with Crippen LogP contribution in [-0.4, -0.2) is 4.57 Å². The molecule has 4 heteroatoms. The maximum atomic E-state index is 2.50. The van der Waals surface area contributed by atoms with Gasteiger partial charge in [0.05, 0.1) is 16.7 Å². The Balaban J connectivity index is 1.18. The second-order valence-corrected chi connectivity index (χ2v) is 16.3. The van der Waals surface area contributed by atoms with Gasteiger partial charge in [-0.2, -0.15) is 0 Å². The largest absolute Gasteiger partial charge is 0.310 e.